The number of carbonyl (C=O) groups excluding carboxylic acids is 5. The number of carbonyl (C=O) groups is 5. The molecule has 0 aliphatic carbocycles. The fraction of sp³-hybridized carbons (Fsp3) is 0.0882. The minimum Gasteiger partial charge on any atom is -0.321 e. The summed E-state index contributed by atoms with van der Waals surface area (Å²) in [6.07, 6.45) is 1.49. The van der Waals surface area contributed by atoms with E-state index in [0.717, 1.165) is 4.90 Å². The van der Waals surface area contributed by atoms with E-state index in [2.05, 4.69) is 10.6 Å². The Morgan fingerprint density at radius 1 is 0.867 bits per heavy atom. The molecule has 226 valence electrons. The van der Waals surface area contributed by atoms with Crippen molar-refractivity contribution in [3.63, 3.8) is 0 Å². The summed E-state index contributed by atoms with van der Waals surface area (Å²) in [5.74, 6) is -1.84. The van der Waals surface area contributed by atoms with Crippen LogP contribution in [0.25, 0.3) is 6.08 Å². The molecule has 1 aliphatic rings. The minimum absolute atomic E-state index is 0.0268. The molecule has 1 aliphatic heterocycles. The predicted octanol–water partition coefficient (Wildman–Crippen LogP) is 7.03. The Kier molecular flexibility index (Phi) is 9.83. The van der Waals surface area contributed by atoms with Crippen molar-refractivity contribution in [1.82, 2.24) is 5.32 Å². The number of anilines is 2. The van der Waals surface area contributed by atoms with Crippen molar-refractivity contribution in [2.45, 2.75) is 23.5 Å². The zero-order valence-electron chi connectivity index (χ0n) is 23.8. The highest BCUT2D eigenvalue weighted by Gasteiger charge is 2.40. The van der Waals surface area contributed by atoms with Crippen molar-refractivity contribution in [2.75, 3.05) is 10.2 Å². The maximum absolute atomic E-state index is 13.4. The fourth-order valence-corrected chi connectivity index (χ4v) is 6.03. The van der Waals surface area contributed by atoms with Crippen LogP contribution in [0, 0.1) is 0 Å². The number of amides is 4. The van der Waals surface area contributed by atoms with Crippen LogP contribution in [0.5, 0.6) is 0 Å². The molecular weight excluding hydrogens is 633 g/mol. The Bertz CT molecular complexity index is 1830. The van der Waals surface area contributed by atoms with E-state index < -0.39 is 17.1 Å². The predicted molar refractivity (Wildman–Crippen MR) is 177 cm³/mol. The van der Waals surface area contributed by atoms with Crippen LogP contribution in [0.15, 0.2) is 108 Å². The lowest BCUT2D eigenvalue weighted by atomic mass is 10.1. The summed E-state index contributed by atoms with van der Waals surface area (Å²) in [7, 11) is 0. The van der Waals surface area contributed by atoms with Crippen LogP contribution in [-0.2, 0) is 14.4 Å². The molecule has 45 heavy (non-hydrogen) atoms. The molecule has 4 amide bonds. The third-order valence-corrected chi connectivity index (χ3v) is 8.58. The van der Waals surface area contributed by atoms with Crippen LogP contribution in [0.1, 0.15) is 39.6 Å². The third kappa shape index (κ3) is 7.69. The number of hydrogen-bond donors (Lipinski definition) is 2. The Morgan fingerprint density at radius 2 is 1.56 bits per heavy atom. The first kappa shape index (κ1) is 31.7. The Morgan fingerprint density at radius 3 is 2.20 bits per heavy atom. The van der Waals surface area contributed by atoms with Crippen molar-refractivity contribution in [2.24, 2.45) is 0 Å². The summed E-state index contributed by atoms with van der Waals surface area (Å²) in [6.45, 7) is 1.45. The summed E-state index contributed by atoms with van der Waals surface area (Å²) >= 11 is 13.6. The highest BCUT2D eigenvalue weighted by molar-refractivity contribution is 8.00. The fourth-order valence-electron chi connectivity index (χ4n) is 4.51. The average molecular weight is 659 g/mol. The van der Waals surface area contributed by atoms with Crippen LogP contribution in [0.2, 0.25) is 10.0 Å². The smallest absolute Gasteiger partial charge is 0.272 e. The van der Waals surface area contributed by atoms with Crippen molar-refractivity contribution < 1.29 is 24.0 Å². The van der Waals surface area contributed by atoms with Crippen molar-refractivity contribution >= 4 is 81.8 Å². The normalized spacial score (nSPS) is 14.8. The summed E-state index contributed by atoms with van der Waals surface area (Å²) < 4.78 is 0. The molecule has 4 aromatic rings. The number of benzene rings is 4. The van der Waals surface area contributed by atoms with Gasteiger partial charge in [-0.25, -0.2) is 4.90 Å². The van der Waals surface area contributed by atoms with Gasteiger partial charge in [-0.3, -0.25) is 24.0 Å². The van der Waals surface area contributed by atoms with E-state index in [0.29, 0.717) is 43.0 Å². The monoisotopic (exact) mass is 657 g/mol. The van der Waals surface area contributed by atoms with Gasteiger partial charge in [0.1, 0.15) is 5.70 Å². The van der Waals surface area contributed by atoms with E-state index in [9.17, 15) is 24.0 Å². The SMILES string of the molecule is CC(=O)c1ccc(N2C(=O)CC(Sc3ccc(NC(=O)/C(=C/c4ccc(Cl)cc4Cl)NC(=O)c4ccccc4)cc3)C2=O)cc1. The third-order valence-electron chi connectivity index (χ3n) is 6.82. The molecular formula is C34H25Cl2N3O5S. The van der Waals surface area contributed by atoms with Gasteiger partial charge in [0.2, 0.25) is 11.8 Å². The first-order valence-corrected chi connectivity index (χ1v) is 15.3. The first-order chi connectivity index (χ1) is 21.6. The minimum atomic E-state index is -0.628. The van der Waals surface area contributed by atoms with E-state index in [-0.39, 0.29) is 29.7 Å². The first-order valence-electron chi connectivity index (χ1n) is 13.7. The molecule has 5 rings (SSSR count). The molecule has 0 radical (unpaired) electrons. The summed E-state index contributed by atoms with van der Waals surface area (Å²) in [6, 6.07) is 26.4. The zero-order chi connectivity index (χ0) is 32.1. The number of ketones is 1. The number of thioether (sulfide) groups is 1. The second-order valence-corrected chi connectivity index (χ2v) is 12.1. The highest BCUT2D eigenvalue weighted by Crippen LogP contribution is 2.34. The van der Waals surface area contributed by atoms with Gasteiger partial charge in [-0.2, -0.15) is 0 Å². The molecule has 1 heterocycles. The molecule has 1 atom stereocenters. The summed E-state index contributed by atoms with van der Waals surface area (Å²) in [4.78, 5) is 65.5. The summed E-state index contributed by atoms with van der Waals surface area (Å²) in [5, 5.41) is 5.53. The topological polar surface area (TPSA) is 113 Å². The van der Waals surface area contributed by atoms with Crippen LogP contribution in [0.4, 0.5) is 11.4 Å². The van der Waals surface area contributed by atoms with Crippen LogP contribution in [-0.4, -0.2) is 34.7 Å². The number of imide groups is 1. The van der Waals surface area contributed by atoms with Crippen LogP contribution >= 0.6 is 35.0 Å². The van der Waals surface area contributed by atoms with E-state index in [1.807, 2.05) is 0 Å². The lowest BCUT2D eigenvalue weighted by molar-refractivity contribution is -0.121. The number of Topliss-reactive ketones (excluding diaryl/α,β-unsaturated/α-hetero) is 1. The maximum atomic E-state index is 13.4. The molecule has 2 N–H and O–H groups in total. The molecule has 1 fully saturated rings. The molecule has 1 unspecified atom stereocenters. The van der Waals surface area contributed by atoms with Crippen LogP contribution in [0.3, 0.4) is 0 Å². The second kappa shape index (κ2) is 13.9. The summed E-state index contributed by atoms with van der Waals surface area (Å²) in [5.41, 5.74) is 2.15. The second-order valence-electron chi connectivity index (χ2n) is 10.0. The van der Waals surface area contributed by atoms with Gasteiger partial charge in [0, 0.05) is 38.2 Å². The van der Waals surface area contributed by atoms with Gasteiger partial charge in [0.15, 0.2) is 5.78 Å². The van der Waals surface area contributed by atoms with Crippen molar-refractivity contribution in [3.05, 3.63) is 129 Å². The van der Waals surface area contributed by atoms with E-state index in [1.54, 1.807) is 91.0 Å². The number of rotatable bonds is 9. The molecule has 0 spiro atoms. The standard InChI is InChI=1S/C34H25Cl2N3O5S/c1-20(40)21-8-13-26(14-9-21)39-31(41)19-30(34(39)44)45-27-15-11-25(12-16-27)37-33(43)29(17-23-7-10-24(35)18-28(23)36)38-32(42)22-5-3-2-4-6-22/h2-18,30H,19H2,1H3,(H,37,43)(H,38,42)/b29-17-. The molecule has 0 saturated carbocycles. The molecule has 11 heteroatoms. The van der Waals surface area contributed by atoms with Gasteiger partial charge in [-0.15, -0.1) is 11.8 Å². The maximum Gasteiger partial charge on any atom is 0.272 e. The van der Waals surface area contributed by atoms with Gasteiger partial charge in [-0.1, -0.05) is 47.5 Å². The van der Waals surface area contributed by atoms with E-state index in [1.165, 1.54) is 30.8 Å². The molecule has 0 bridgehead atoms. The van der Waals surface area contributed by atoms with Gasteiger partial charge in [0.25, 0.3) is 11.8 Å². The lowest BCUT2D eigenvalue weighted by Crippen LogP contribution is -2.31. The lowest BCUT2D eigenvalue weighted by Gasteiger charge is -2.15. The zero-order valence-corrected chi connectivity index (χ0v) is 26.1. The van der Waals surface area contributed by atoms with Crippen molar-refractivity contribution in [1.29, 1.82) is 0 Å². The quantitative estimate of drug-likeness (QED) is 0.114. The molecule has 8 nitrogen and oxygen atoms in total. The highest BCUT2D eigenvalue weighted by atomic mass is 35.5. The number of halogens is 2. The van der Waals surface area contributed by atoms with E-state index >= 15 is 0 Å². The van der Waals surface area contributed by atoms with Crippen LogP contribution < -0.4 is 15.5 Å². The Balaban J connectivity index is 1.28. The molecule has 0 aromatic heterocycles. The van der Waals surface area contributed by atoms with E-state index in [4.69, 9.17) is 23.2 Å². The van der Waals surface area contributed by atoms with Gasteiger partial charge < -0.3 is 10.6 Å². The van der Waals surface area contributed by atoms with Gasteiger partial charge in [0.05, 0.1) is 10.9 Å². The number of hydrogen-bond acceptors (Lipinski definition) is 6. The molecule has 4 aromatic carbocycles. The van der Waals surface area contributed by atoms with Gasteiger partial charge >= 0.3 is 0 Å². The largest absolute Gasteiger partial charge is 0.321 e. The Hall–Kier alpha value is -4.70. The van der Waals surface area contributed by atoms with Crippen molar-refractivity contribution in [3.8, 4) is 0 Å². The average Bonchev–Trinajstić information content (AvgIpc) is 3.31. The Labute approximate surface area is 273 Å². The number of nitrogens with one attached hydrogen (secondary N) is 2. The van der Waals surface area contributed by atoms with Gasteiger partial charge in [-0.05, 0) is 91.4 Å². The molecule has 1 saturated heterocycles. The number of nitrogens with zero attached hydrogens (tertiary/aromatic N) is 1.